The molecule has 0 fully saturated rings. The van der Waals surface area contributed by atoms with Crippen molar-refractivity contribution in [2.45, 2.75) is 0 Å². The minimum absolute atomic E-state index is 0.498. The van der Waals surface area contributed by atoms with Gasteiger partial charge in [-0.15, -0.1) is 0 Å². The topological polar surface area (TPSA) is 136 Å². The second-order valence-corrected chi connectivity index (χ2v) is 3.84. The van der Waals surface area contributed by atoms with Crippen LogP contribution in [-0.2, 0) is 0 Å². The molecule has 2 rings (SSSR count). The molecule has 0 aliphatic carbocycles. The lowest BCUT2D eigenvalue weighted by atomic mass is 10.2. The van der Waals surface area contributed by atoms with Gasteiger partial charge in [-0.1, -0.05) is 0 Å². The smallest absolute Gasteiger partial charge is 0.316 e. The van der Waals surface area contributed by atoms with Gasteiger partial charge in [-0.25, -0.2) is 9.59 Å². The highest BCUT2D eigenvalue weighted by atomic mass is 16.2. The van der Waals surface area contributed by atoms with Gasteiger partial charge in [0, 0.05) is 23.8 Å². The zero-order valence-corrected chi connectivity index (χ0v) is 10.3. The molecule has 102 valence electrons. The van der Waals surface area contributed by atoms with Crippen LogP contribution >= 0.6 is 0 Å². The minimum atomic E-state index is -0.667. The van der Waals surface area contributed by atoms with Crippen LogP contribution < -0.4 is 22.1 Å². The highest BCUT2D eigenvalue weighted by Gasteiger charge is 2.05. The maximum Gasteiger partial charge on any atom is 0.316 e. The molecule has 2 heterocycles. The van der Waals surface area contributed by atoms with Crippen molar-refractivity contribution < 1.29 is 9.59 Å². The molecule has 8 heteroatoms. The zero-order valence-electron chi connectivity index (χ0n) is 10.3. The molecule has 0 aliphatic heterocycles. The monoisotopic (exact) mass is 272 g/mol. The number of hydrogen-bond donors (Lipinski definition) is 4. The molecule has 4 amide bonds. The van der Waals surface area contributed by atoms with Crippen molar-refractivity contribution in [1.29, 1.82) is 0 Å². The molecule has 2 aromatic heterocycles. The van der Waals surface area contributed by atoms with Crippen molar-refractivity contribution in [3.05, 3.63) is 36.7 Å². The summed E-state index contributed by atoms with van der Waals surface area (Å²) in [5, 5.41) is 4.89. The molecule has 0 aliphatic rings. The standard InChI is InChI=1S/C12H12N6O2/c13-11(19)17-7-1-3-15-9(5-7)10-6-8(2-4-16-10)18-12(14)20/h1-6H,(H3,13,15,17,19)(H3,14,16,18,20). The summed E-state index contributed by atoms with van der Waals surface area (Å²) in [5.74, 6) is 0. The van der Waals surface area contributed by atoms with Crippen LogP contribution in [0.25, 0.3) is 11.4 Å². The Hall–Kier alpha value is -3.16. The van der Waals surface area contributed by atoms with Crippen molar-refractivity contribution in [3.63, 3.8) is 0 Å². The quantitative estimate of drug-likeness (QED) is 0.665. The zero-order chi connectivity index (χ0) is 14.5. The fourth-order valence-corrected chi connectivity index (χ4v) is 1.58. The molecule has 0 saturated heterocycles. The lowest BCUT2D eigenvalue weighted by Crippen LogP contribution is -2.19. The lowest BCUT2D eigenvalue weighted by Gasteiger charge is -2.06. The Morgan fingerprint density at radius 1 is 0.850 bits per heavy atom. The molecular formula is C12H12N6O2. The van der Waals surface area contributed by atoms with Gasteiger partial charge in [0.15, 0.2) is 0 Å². The number of rotatable bonds is 3. The third kappa shape index (κ3) is 3.42. The van der Waals surface area contributed by atoms with Gasteiger partial charge in [0.2, 0.25) is 0 Å². The Labute approximate surface area is 114 Å². The Morgan fingerprint density at radius 2 is 1.25 bits per heavy atom. The van der Waals surface area contributed by atoms with Gasteiger partial charge in [0.25, 0.3) is 0 Å². The Balaban J connectivity index is 2.31. The van der Waals surface area contributed by atoms with Crippen molar-refractivity contribution in [3.8, 4) is 11.4 Å². The fraction of sp³-hybridized carbons (Fsp3) is 0. The molecule has 8 nitrogen and oxygen atoms in total. The van der Waals surface area contributed by atoms with Gasteiger partial charge in [0.1, 0.15) is 0 Å². The molecule has 2 aromatic rings. The van der Waals surface area contributed by atoms with Crippen molar-refractivity contribution in [2.24, 2.45) is 11.5 Å². The van der Waals surface area contributed by atoms with Crippen LogP contribution in [0.4, 0.5) is 21.0 Å². The third-order valence-corrected chi connectivity index (χ3v) is 2.32. The summed E-state index contributed by atoms with van der Waals surface area (Å²) in [6.45, 7) is 0. The van der Waals surface area contributed by atoms with E-state index in [4.69, 9.17) is 11.5 Å². The maximum atomic E-state index is 10.8. The van der Waals surface area contributed by atoms with Crippen LogP contribution in [0, 0.1) is 0 Å². The van der Waals surface area contributed by atoms with E-state index in [9.17, 15) is 9.59 Å². The van der Waals surface area contributed by atoms with Gasteiger partial charge >= 0.3 is 12.1 Å². The first kappa shape index (κ1) is 13.3. The van der Waals surface area contributed by atoms with E-state index in [1.807, 2.05) is 0 Å². The molecule has 0 spiro atoms. The van der Waals surface area contributed by atoms with Crippen molar-refractivity contribution in [2.75, 3.05) is 10.6 Å². The first-order chi connectivity index (χ1) is 9.54. The fourth-order valence-electron chi connectivity index (χ4n) is 1.58. The van der Waals surface area contributed by atoms with E-state index in [1.165, 1.54) is 12.4 Å². The number of anilines is 2. The Morgan fingerprint density at radius 3 is 1.60 bits per heavy atom. The Kier molecular flexibility index (Phi) is 3.75. The van der Waals surface area contributed by atoms with Crippen LogP contribution in [-0.4, -0.2) is 22.0 Å². The van der Waals surface area contributed by atoms with E-state index in [0.717, 1.165) is 0 Å². The number of carbonyl (C=O) groups excluding carboxylic acids is 2. The number of carbonyl (C=O) groups is 2. The number of nitrogens with two attached hydrogens (primary N) is 2. The maximum absolute atomic E-state index is 10.8. The SMILES string of the molecule is NC(=O)Nc1ccnc(-c2cc(NC(N)=O)ccn2)c1. The molecule has 0 bridgehead atoms. The van der Waals surface area contributed by atoms with Crippen LogP contribution in [0.15, 0.2) is 36.7 Å². The largest absolute Gasteiger partial charge is 0.351 e. The molecule has 0 saturated carbocycles. The van der Waals surface area contributed by atoms with E-state index >= 15 is 0 Å². The van der Waals surface area contributed by atoms with Crippen LogP contribution in [0.1, 0.15) is 0 Å². The molecular weight excluding hydrogens is 260 g/mol. The normalized spacial score (nSPS) is 9.80. The number of hydrogen-bond acceptors (Lipinski definition) is 4. The van der Waals surface area contributed by atoms with Gasteiger partial charge in [-0.2, -0.15) is 0 Å². The lowest BCUT2D eigenvalue weighted by molar-refractivity contribution is 0.258. The van der Waals surface area contributed by atoms with Crippen LogP contribution in [0.5, 0.6) is 0 Å². The molecule has 0 atom stereocenters. The molecule has 0 unspecified atom stereocenters. The van der Waals surface area contributed by atoms with Gasteiger partial charge in [0.05, 0.1) is 11.4 Å². The minimum Gasteiger partial charge on any atom is -0.351 e. The summed E-state index contributed by atoms with van der Waals surface area (Å²) in [6.07, 6.45) is 3.02. The number of nitrogens with one attached hydrogen (secondary N) is 2. The number of pyridine rings is 2. The first-order valence-electron chi connectivity index (χ1n) is 5.60. The van der Waals surface area contributed by atoms with Crippen molar-refractivity contribution >= 4 is 23.4 Å². The predicted molar refractivity (Wildman–Crippen MR) is 73.9 cm³/mol. The van der Waals surface area contributed by atoms with E-state index in [2.05, 4.69) is 20.6 Å². The summed E-state index contributed by atoms with van der Waals surface area (Å²) in [7, 11) is 0. The highest BCUT2D eigenvalue weighted by Crippen LogP contribution is 2.20. The third-order valence-electron chi connectivity index (χ3n) is 2.32. The van der Waals surface area contributed by atoms with E-state index in [0.29, 0.717) is 22.8 Å². The molecule has 0 aromatic carbocycles. The van der Waals surface area contributed by atoms with Crippen LogP contribution in [0.3, 0.4) is 0 Å². The summed E-state index contributed by atoms with van der Waals surface area (Å²) < 4.78 is 0. The Bertz CT molecular complexity index is 600. The van der Waals surface area contributed by atoms with E-state index in [-0.39, 0.29) is 0 Å². The summed E-state index contributed by atoms with van der Waals surface area (Å²) in [6, 6.07) is 5.08. The van der Waals surface area contributed by atoms with Crippen molar-refractivity contribution in [1.82, 2.24) is 9.97 Å². The summed E-state index contributed by atoms with van der Waals surface area (Å²) in [4.78, 5) is 29.9. The predicted octanol–water partition coefficient (Wildman–Crippen LogP) is 1.12. The van der Waals surface area contributed by atoms with E-state index < -0.39 is 12.1 Å². The van der Waals surface area contributed by atoms with E-state index in [1.54, 1.807) is 24.3 Å². The van der Waals surface area contributed by atoms with Crippen LogP contribution in [0.2, 0.25) is 0 Å². The summed E-state index contributed by atoms with van der Waals surface area (Å²) in [5.41, 5.74) is 12.1. The number of aromatic nitrogens is 2. The van der Waals surface area contributed by atoms with Gasteiger partial charge in [-0.05, 0) is 24.3 Å². The number of amides is 4. The molecule has 0 radical (unpaired) electrons. The number of urea groups is 2. The average molecular weight is 272 g/mol. The second-order valence-electron chi connectivity index (χ2n) is 3.84. The summed E-state index contributed by atoms with van der Waals surface area (Å²) >= 11 is 0. The average Bonchev–Trinajstić information content (AvgIpc) is 2.38. The number of primary amides is 2. The second kappa shape index (κ2) is 5.65. The molecule has 6 N–H and O–H groups in total. The first-order valence-corrected chi connectivity index (χ1v) is 5.60. The van der Waals surface area contributed by atoms with Gasteiger partial charge < -0.3 is 22.1 Å². The van der Waals surface area contributed by atoms with Gasteiger partial charge in [-0.3, -0.25) is 9.97 Å². The number of nitrogens with zero attached hydrogens (tertiary/aromatic N) is 2. The molecule has 20 heavy (non-hydrogen) atoms. The highest BCUT2D eigenvalue weighted by molar-refractivity contribution is 5.89.